The zero-order valence-electron chi connectivity index (χ0n) is 16.0. The summed E-state index contributed by atoms with van der Waals surface area (Å²) in [4.78, 5) is 30.2. The molecule has 4 rings (SSSR count). The first-order valence-corrected chi connectivity index (χ1v) is 9.79. The molecular weight excluding hydrogens is 358 g/mol. The quantitative estimate of drug-likeness (QED) is 0.861. The molecule has 9 heteroatoms. The van der Waals surface area contributed by atoms with E-state index in [0.717, 1.165) is 44.3 Å². The van der Waals surface area contributed by atoms with Crippen molar-refractivity contribution in [1.82, 2.24) is 35.3 Å². The summed E-state index contributed by atoms with van der Waals surface area (Å²) in [6, 6.07) is 7.43. The van der Waals surface area contributed by atoms with Crippen LogP contribution < -0.4 is 5.32 Å². The molecule has 28 heavy (non-hydrogen) atoms. The Bertz CT molecular complexity index is 834. The van der Waals surface area contributed by atoms with Gasteiger partial charge in [-0.2, -0.15) is 4.80 Å². The number of hydrogen-bond donors (Lipinski definition) is 1. The number of rotatable bonds is 3. The van der Waals surface area contributed by atoms with Gasteiger partial charge in [-0.1, -0.05) is 12.1 Å². The molecule has 2 aromatic rings. The molecule has 3 heterocycles. The molecule has 3 amide bonds. The fraction of sp³-hybridized carbons (Fsp3) is 0.526. The third kappa shape index (κ3) is 3.97. The number of carbonyl (C=O) groups excluding carboxylic acids is 2. The highest BCUT2D eigenvalue weighted by atomic mass is 16.2. The molecule has 1 aromatic heterocycles. The number of amides is 3. The van der Waals surface area contributed by atoms with Gasteiger partial charge in [0.1, 0.15) is 0 Å². The first-order valence-electron chi connectivity index (χ1n) is 9.79. The molecule has 0 aliphatic carbocycles. The maximum Gasteiger partial charge on any atom is 0.319 e. The molecule has 2 aliphatic heterocycles. The normalized spacial score (nSPS) is 17.8. The predicted octanol–water partition coefficient (Wildman–Crippen LogP) is 1.29. The van der Waals surface area contributed by atoms with Gasteiger partial charge < -0.3 is 15.1 Å². The summed E-state index contributed by atoms with van der Waals surface area (Å²) in [5, 5.41) is 15.0. The van der Waals surface area contributed by atoms with Gasteiger partial charge in [0.15, 0.2) is 0 Å². The highest BCUT2D eigenvalue weighted by Gasteiger charge is 2.28. The molecule has 2 aliphatic rings. The average molecular weight is 383 g/mol. The Hall–Kier alpha value is -2.97. The Morgan fingerprint density at radius 3 is 2.25 bits per heavy atom. The number of carbonyl (C=O) groups is 2. The van der Waals surface area contributed by atoms with Crippen LogP contribution in [0.15, 0.2) is 24.3 Å². The lowest BCUT2D eigenvalue weighted by atomic mass is 10.0. The number of hydrogen-bond acceptors (Lipinski definition) is 5. The first kappa shape index (κ1) is 18.4. The van der Waals surface area contributed by atoms with Gasteiger partial charge in [0, 0.05) is 43.3 Å². The lowest BCUT2D eigenvalue weighted by Gasteiger charge is -2.34. The van der Waals surface area contributed by atoms with Crippen LogP contribution in [0.1, 0.15) is 36.0 Å². The van der Waals surface area contributed by atoms with E-state index in [1.54, 1.807) is 19.2 Å². The molecule has 1 N–H and O–H groups in total. The van der Waals surface area contributed by atoms with E-state index in [2.05, 4.69) is 20.7 Å². The molecule has 0 spiro atoms. The third-order valence-electron chi connectivity index (χ3n) is 5.39. The summed E-state index contributed by atoms with van der Waals surface area (Å²) in [5.74, 6) is 0.437. The van der Waals surface area contributed by atoms with Crippen molar-refractivity contribution in [2.24, 2.45) is 7.05 Å². The van der Waals surface area contributed by atoms with Gasteiger partial charge in [-0.05, 0) is 43.0 Å². The Labute approximate surface area is 163 Å². The first-order chi connectivity index (χ1) is 13.6. The topological polar surface area (TPSA) is 96.2 Å². The van der Waals surface area contributed by atoms with Gasteiger partial charge >= 0.3 is 6.03 Å². The SMILES string of the molecule is Cn1nnc(-c2ccc(C(=O)NC3CCN(C(=O)N4CCCC4)CC3)cc2)n1. The number of likely N-dealkylation sites (tertiary alicyclic amines) is 2. The van der Waals surface area contributed by atoms with Gasteiger partial charge in [0.2, 0.25) is 5.82 Å². The number of urea groups is 1. The molecule has 1 aromatic carbocycles. The van der Waals surface area contributed by atoms with E-state index in [4.69, 9.17) is 0 Å². The van der Waals surface area contributed by atoms with Crippen LogP contribution >= 0.6 is 0 Å². The molecular formula is C19H25N7O2. The number of piperidine rings is 1. The minimum atomic E-state index is -0.0945. The second-order valence-electron chi connectivity index (χ2n) is 7.39. The number of nitrogens with zero attached hydrogens (tertiary/aromatic N) is 6. The molecule has 0 unspecified atom stereocenters. The average Bonchev–Trinajstić information content (AvgIpc) is 3.40. The molecule has 0 atom stereocenters. The number of aryl methyl sites for hydroxylation is 1. The van der Waals surface area contributed by atoms with Gasteiger partial charge in [0.25, 0.3) is 5.91 Å². The lowest BCUT2D eigenvalue weighted by molar-refractivity contribution is 0.0912. The molecule has 2 fully saturated rings. The zero-order valence-corrected chi connectivity index (χ0v) is 16.0. The Morgan fingerprint density at radius 1 is 1.00 bits per heavy atom. The van der Waals surface area contributed by atoms with E-state index in [1.165, 1.54) is 4.80 Å². The lowest BCUT2D eigenvalue weighted by Crippen LogP contribution is -2.50. The van der Waals surface area contributed by atoms with Crippen LogP contribution in [-0.2, 0) is 7.05 Å². The molecule has 148 valence electrons. The largest absolute Gasteiger partial charge is 0.349 e. The van der Waals surface area contributed by atoms with Crippen LogP contribution in [-0.4, -0.2) is 74.2 Å². The van der Waals surface area contributed by atoms with Crippen molar-refractivity contribution in [1.29, 1.82) is 0 Å². The molecule has 2 saturated heterocycles. The molecule has 0 bridgehead atoms. The summed E-state index contributed by atoms with van der Waals surface area (Å²) in [6.07, 6.45) is 3.77. The smallest absolute Gasteiger partial charge is 0.319 e. The number of benzene rings is 1. The van der Waals surface area contributed by atoms with Crippen molar-refractivity contribution in [3.8, 4) is 11.4 Å². The highest BCUT2D eigenvalue weighted by molar-refractivity contribution is 5.94. The fourth-order valence-corrected chi connectivity index (χ4v) is 3.76. The van der Waals surface area contributed by atoms with Crippen molar-refractivity contribution in [2.45, 2.75) is 31.7 Å². The highest BCUT2D eigenvalue weighted by Crippen LogP contribution is 2.18. The second-order valence-corrected chi connectivity index (χ2v) is 7.39. The van der Waals surface area contributed by atoms with Crippen LogP contribution in [0, 0.1) is 0 Å². The van der Waals surface area contributed by atoms with Crippen molar-refractivity contribution in [3.63, 3.8) is 0 Å². The van der Waals surface area contributed by atoms with E-state index < -0.39 is 0 Å². The van der Waals surface area contributed by atoms with E-state index in [9.17, 15) is 9.59 Å². The molecule has 9 nitrogen and oxygen atoms in total. The number of tetrazole rings is 1. The van der Waals surface area contributed by atoms with Crippen molar-refractivity contribution in [2.75, 3.05) is 26.2 Å². The third-order valence-corrected chi connectivity index (χ3v) is 5.39. The van der Waals surface area contributed by atoms with E-state index in [-0.39, 0.29) is 18.0 Å². The fourth-order valence-electron chi connectivity index (χ4n) is 3.76. The van der Waals surface area contributed by atoms with E-state index in [1.807, 2.05) is 21.9 Å². The van der Waals surface area contributed by atoms with Crippen molar-refractivity contribution in [3.05, 3.63) is 29.8 Å². The van der Waals surface area contributed by atoms with Crippen LogP contribution in [0.25, 0.3) is 11.4 Å². The zero-order chi connectivity index (χ0) is 19.5. The predicted molar refractivity (Wildman–Crippen MR) is 102 cm³/mol. The summed E-state index contributed by atoms with van der Waals surface area (Å²) in [7, 11) is 1.71. The summed E-state index contributed by atoms with van der Waals surface area (Å²) < 4.78 is 0. The van der Waals surface area contributed by atoms with E-state index in [0.29, 0.717) is 24.5 Å². The van der Waals surface area contributed by atoms with Gasteiger partial charge in [-0.15, -0.1) is 10.2 Å². The van der Waals surface area contributed by atoms with Gasteiger partial charge in [0.05, 0.1) is 7.05 Å². The van der Waals surface area contributed by atoms with Gasteiger partial charge in [-0.3, -0.25) is 4.79 Å². The van der Waals surface area contributed by atoms with Gasteiger partial charge in [-0.25, -0.2) is 4.79 Å². The molecule has 0 radical (unpaired) electrons. The Morgan fingerprint density at radius 2 is 1.64 bits per heavy atom. The minimum absolute atomic E-state index is 0.0939. The maximum atomic E-state index is 12.5. The Kier molecular flexibility index (Phi) is 5.23. The van der Waals surface area contributed by atoms with Crippen LogP contribution in [0.4, 0.5) is 4.79 Å². The van der Waals surface area contributed by atoms with Crippen LogP contribution in [0.3, 0.4) is 0 Å². The van der Waals surface area contributed by atoms with Crippen LogP contribution in [0.2, 0.25) is 0 Å². The molecule has 0 saturated carbocycles. The minimum Gasteiger partial charge on any atom is -0.349 e. The summed E-state index contributed by atoms with van der Waals surface area (Å²) in [6.45, 7) is 3.13. The van der Waals surface area contributed by atoms with Crippen LogP contribution in [0.5, 0.6) is 0 Å². The number of nitrogens with one attached hydrogen (secondary N) is 1. The van der Waals surface area contributed by atoms with E-state index >= 15 is 0 Å². The Balaban J connectivity index is 1.29. The summed E-state index contributed by atoms with van der Waals surface area (Å²) in [5.41, 5.74) is 1.42. The maximum absolute atomic E-state index is 12.5. The van der Waals surface area contributed by atoms with Crippen molar-refractivity contribution >= 4 is 11.9 Å². The number of aromatic nitrogens is 4. The standard InChI is InChI=1S/C19H25N7O2/c1-24-22-17(21-23-24)14-4-6-15(7-5-14)18(27)20-16-8-12-26(13-9-16)19(28)25-10-2-3-11-25/h4-7,16H,2-3,8-13H2,1H3,(H,20,27). The monoisotopic (exact) mass is 383 g/mol. The second kappa shape index (κ2) is 7.95. The van der Waals surface area contributed by atoms with Crippen molar-refractivity contribution < 1.29 is 9.59 Å². The summed E-state index contributed by atoms with van der Waals surface area (Å²) >= 11 is 0.